The van der Waals surface area contributed by atoms with Gasteiger partial charge in [0.05, 0.1) is 6.61 Å². The summed E-state index contributed by atoms with van der Waals surface area (Å²) in [7, 11) is 0. The molecular weight excluding hydrogens is 378 g/mol. The van der Waals surface area contributed by atoms with Gasteiger partial charge in [0.2, 0.25) is 5.82 Å². The standard InChI is InChI=1S/C19H15ClF2N2O3/c1-2-25-16-11-12(8-9-15(16)26-19(21)22)10-14(20)18-23-17(24-27-18)13-6-4-3-5-7-13/h3-11,19H,2H2,1H3/b14-10-. The molecule has 5 nitrogen and oxygen atoms in total. The van der Waals surface area contributed by atoms with Crippen LogP contribution in [-0.4, -0.2) is 23.4 Å². The molecule has 0 saturated carbocycles. The molecule has 3 rings (SSSR count). The Morgan fingerprint density at radius 3 is 2.67 bits per heavy atom. The number of ether oxygens (including phenoxy) is 2. The van der Waals surface area contributed by atoms with Crippen LogP contribution >= 0.6 is 11.6 Å². The number of benzene rings is 2. The van der Waals surface area contributed by atoms with Crippen molar-refractivity contribution in [1.82, 2.24) is 10.1 Å². The fourth-order valence-corrected chi connectivity index (χ4v) is 2.51. The molecule has 0 amide bonds. The number of hydrogen-bond donors (Lipinski definition) is 0. The first-order valence-corrected chi connectivity index (χ1v) is 8.43. The summed E-state index contributed by atoms with van der Waals surface area (Å²) in [6.45, 7) is -0.903. The van der Waals surface area contributed by atoms with Crippen LogP contribution in [0.5, 0.6) is 11.5 Å². The second kappa shape index (κ2) is 8.64. The Morgan fingerprint density at radius 1 is 1.19 bits per heavy atom. The number of aromatic nitrogens is 2. The van der Waals surface area contributed by atoms with Gasteiger partial charge < -0.3 is 14.0 Å². The lowest BCUT2D eigenvalue weighted by molar-refractivity contribution is -0.0514. The second-order valence-electron chi connectivity index (χ2n) is 5.30. The first kappa shape index (κ1) is 18.8. The van der Waals surface area contributed by atoms with Gasteiger partial charge in [-0.2, -0.15) is 13.8 Å². The predicted octanol–water partition coefficient (Wildman–Crippen LogP) is 5.47. The van der Waals surface area contributed by atoms with Crippen molar-refractivity contribution < 1.29 is 22.8 Å². The van der Waals surface area contributed by atoms with Crippen molar-refractivity contribution in [3.05, 3.63) is 60.0 Å². The summed E-state index contributed by atoms with van der Waals surface area (Å²) in [6, 6.07) is 13.8. The maximum absolute atomic E-state index is 12.5. The third-order valence-corrected chi connectivity index (χ3v) is 3.71. The van der Waals surface area contributed by atoms with E-state index in [1.807, 2.05) is 30.3 Å². The first-order valence-electron chi connectivity index (χ1n) is 8.05. The highest BCUT2D eigenvalue weighted by Gasteiger charge is 2.14. The molecule has 0 aliphatic carbocycles. The van der Waals surface area contributed by atoms with Crippen LogP contribution in [0.2, 0.25) is 0 Å². The van der Waals surface area contributed by atoms with Crippen LogP contribution in [0.25, 0.3) is 22.5 Å². The van der Waals surface area contributed by atoms with E-state index < -0.39 is 6.61 Å². The van der Waals surface area contributed by atoms with Gasteiger partial charge in [0.25, 0.3) is 5.89 Å². The maximum Gasteiger partial charge on any atom is 0.387 e. The Morgan fingerprint density at radius 2 is 1.96 bits per heavy atom. The van der Waals surface area contributed by atoms with E-state index in [1.54, 1.807) is 19.1 Å². The molecule has 2 aromatic carbocycles. The highest BCUT2D eigenvalue weighted by molar-refractivity contribution is 6.50. The summed E-state index contributed by atoms with van der Waals surface area (Å²) in [5, 5.41) is 4.11. The Kier molecular flexibility index (Phi) is 6.03. The molecule has 0 saturated heterocycles. The van der Waals surface area contributed by atoms with Crippen molar-refractivity contribution in [1.29, 1.82) is 0 Å². The lowest BCUT2D eigenvalue weighted by atomic mass is 10.2. The largest absolute Gasteiger partial charge is 0.490 e. The molecule has 0 bridgehead atoms. The highest BCUT2D eigenvalue weighted by Crippen LogP contribution is 2.32. The Labute approximate surface area is 159 Å². The summed E-state index contributed by atoms with van der Waals surface area (Å²) in [5.41, 5.74) is 1.40. The Bertz CT molecular complexity index is 930. The van der Waals surface area contributed by atoms with Crippen LogP contribution in [0.3, 0.4) is 0 Å². The molecule has 1 aromatic heterocycles. The average Bonchev–Trinajstić information content (AvgIpc) is 3.15. The summed E-state index contributed by atoms with van der Waals surface area (Å²) in [5.74, 6) is 0.685. The number of nitrogens with zero attached hydrogens (tertiary/aromatic N) is 2. The third-order valence-electron chi connectivity index (χ3n) is 3.44. The molecule has 3 aromatic rings. The highest BCUT2D eigenvalue weighted by atomic mass is 35.5. The molecule has 0 N–H and O–H groups in total. The van der Waals surface area contributed by atoms with E-state index in [0.29, 0.717) is 18.0 Å². The molecule has 8 heteroatoms. The minimum absolute atomic E-state index is 0.0516. The van der Waals surface area contributed by atoms with Gasteiger partial charge in [-0.05, 0) is 30.7 Å². The van der Waals surface area contributed by atoms with Crippen molar-refractivity contribution in [3.8, 4) is 22.9 Å². The lowest BCUT2D eigenvalue weighted by Crippen LogP contribution is -2.04. The van der Waals surface area contributed by atoms with E-state index in [0.717, 1.165) is 5.56 Å². The molecule has 0 fully saturated rings. The quantitative estimate of drug-likeness (QED) is 0.533. The van der Waals surface area contributed by atoms with Crippen molar-refractivity contribution in [3.63, 3.8) is 0 Å². The zero-order valence-electron chi connectivity index (χ0n) is 14.2. The fourth-order valence-electron chi connectivity index (χ4n) is 2.31. The molecular formula is C19H15ClF2N2O3. The molecule has 0 aliphatic heterocycles. The molecule has 27 heavy (non-hydrogen) atoms. The minimum Gasteiger partial charge on any atom is -0.490 e. The van der Waals surface area contributed by atoms with Crippen LogP contribution in [0.4, 0.5) is 8.78 Å². The van der Waals surface area contributed by atoms with E-state index in [1.165, 1.54) is 12.1 Å². The fraction of sp³-hybridized carbons (Fsp3) is 0.158. The number of alkyl halides is 2. The van der Waals surface area contributed by atoms with Crippen molar-refractivity contribution in [2.75, 3.05) is 6.61 Å². The molecule has 0 atom stereocenters. The van der Waals surface area contributed by atoms with Crippen molar-refractivity contribution >= 4 is 22.7 Å². The van der Waals surface area contributed by atoms with Gasteiger partial charge in [-0.3, -0.25) is 0 Å². The van der Waals surface area contributed by atoms with Crippen LogP contribution < -0.4 is 9.47 Å². The predicted molar refractivity (Wildman–Crippen MR) is 97.7 cm³/mol. The van der Waals surface area contributed by atoms with Crippen molar-refractivity contribution in [2.24, 2.45) is 0 Å². The first-order chi connectivity index (χ1) is 13.1. The lowest BCUT2D eigenvalue weighted by Gasteiger charge is -2.11. The van der Waals surface area contributed by atoms with Crippen molar-refractivity contribution in [2.45, 2.75) is 13.5 Å². The van der Waals surface area contributed by atoms with E-state index in [4.69, 9.17) is 20.9 Å². The van der Waals surface area contributed by atoms with Gasteiger partial charge >= 0.3 is 6.61 Å². The number of rotatable bonds is 7. The summed E-state index contributed by atoms with van der Waals surface area (Å²) < 4.78 is 39.9. The SMILES string of the molecule is CCOc1cc(/C=C(\Cl)c2nc(-c3ccccc3)no2)ccc1OC(F)F. The summed E-state index contributed by atoms with van der Waals surface area (Å²) >= 11 is 6.27. The van der Waals surface area contributed by atoms with Gasteiger partial charge in [-0.25, -0.2) is 0 Å². The van der Waals surface area contributed by atoms with E-state index in [2.05, 4.69) is 14.9 Å². The van der Waals surface area contributed by atoms with Crippen LogP contribution in [0, 0.1) is 0 Å². The molecule has 140 valence electrons. The molecule has 0 aliphatic rings. The van der Waals surface area contributed by atoms with Gasteiger partial charge in [0.15, 0.2) is 11.5 Å². The Balaban J connectivity index is 1.85. The molecule has 0 unspecified atom stereocenters. The average molecular weight is 393 g/mol. The zero-order chi connectivity index (χ0) is 19.2. The summed E-state index contributed by atoms with van der Waals surface area (Å²) in [4.78, 5) is 4.26. The van der Waals surface area contributed by atoms with Gasteiger partial charge in [0, 0.05) is 5.56 Å². The van der Waals surface area contributed by atoms with E-state index >= 15 is 0 Å². The van der Waals surface area contributed by atoms with E-state index in [9.17, 15) is 8.78 Å². The molecule has 0 radical (unpaired) electrons. The van der Waals surface area contributed by atoms with Gasteiger partial charge in [0.1, 0.15) is 5.03 Å². The number of hydrogen-bond acceptors (Lipinski definition) is 5. The zero-order valence-corrected chi connectivity index (χ0v) is 15.0. The minimum atomic E-state index is -2.94. The van der Waals surface area contributed by atoms with Gasteiger partial charge in [-0.15, -0.1) is 0 Å². The molecule has 0 spiro atoms. The van der Waals surface area contributed by atoms with E-state index in [-0.39, 0.29) is 22.4 Å². The van der Waals surface area contributed by atoms with Gasteiger partial charge in [-0.1, -0.05) is 53.2 Å². The second-order valence-corrected chi connectivity index (χ2v) is 5.71. The smallest absolute Gasteiger partial charge is 0.387 e. The number of halogens is 3. The normalized spacial score (nSPS) is 11.7. The topological polar surface area (TPSA) is 57.4 Å². The summed E-state index contributed by atoms with van der Waals surface area (Å²) in [6.07, 6.45) is 1.57. The monoisotopic (exact) mass is 392 g/mol. The van der Waals surface area contributed by atoms with Crippen LogP contribution in [0.1, 0.15) is 18.4 Å². The maximum atomic E-state index is 12.5. The Hall–Kier alpha value is -2.93. The van der Waals surface area contributed by atoms with Crippen LogP contribution in [-0.2, 0) is 0 Å². The van der Waals surface area contributed by atoms with Crippen LogP contribution in [0.15, 0.2) is 53.1 Å². The third kappa shape index (κ3) is 4.83. The molecule has 1 heterocycles.